The molecule has 6 nitrogen and oxygen atoms in total. The fraction of sp³-hybridized carbons (Fsp3) is 0.625. The molecule has 1 amide bonds. The number of ether oxygens (including phenoxy) is 1. The molecule has 1 atom stereocenters. The second-order valence-corrected chi connectivity index (χ2v) is 6.36. The Morgan fingerprint density at radius 2 is 2.18 bits per heavy atom. The molecule has 3 heterocycles. The van der Waals surface area contributed by atoms with Gasteiger partial charge in [-0.2, -0.15) is 0 Å². The van der Waals surface area contributed by atoms with Gasteiger partial charge in [0.05, 0.1) is 23.5 Å². The van der Waals surface area contributed by atoms with Gasteiger partial charge in [0, 0.05) is 32.8 Å². The van der Waals surface area contributed by atoms with Crippen molar-refractivity contribution in [2.24, 2.45) is 0 Å². The van der Waals surface area contributed by atoms with Crippen molar-refractivity contribution in [1.29, 1.82) is 0 Å². The van der Waals surface area contributed by atoms with E-state index in [0.29, 0.717) is 18.9 Å². The summed E-state index contributed by atoms with van der Waals surface area (Å²) < 4.78 is 5.37. The van der Waals surface area contributed by atoms with E-state index in [-0.39, 0.29) is 11.4 Å². The average molecular weight is 304 g/mol. The summed E-state index contributed by atoms with van der Waals surface area (Å²) in [5.41, 5.74) is 2.23. The SMILES string of the molecule is Cc1nc(C(=O)NC2(C)CCOC2)ccc1N1CCNCC1. The molecule has 0 radical (unpaired) electrons. The predicted molar refractivity (Wildman–Crippen MR) is 85.4 cm³/mol. The molecule has 22 heavy (non-hydrogen) atoms. The van der Waals surface area contributed by atoms with E-state index in [9.17, 15) is 4.79 Å². The van der Waals surface area contributed by atoms with Crippen LogP contribution in [0.3, 0.4) is 0 Å². The first kappa shape index (κ1) is 15.2. The van der Waals surface area contributed by atoms with Crippen LogP contribution in [-0.4, -0.2) is 55.8 Å². The second-order valence-electron chi connectivity index (χ2n) is 6.36. The van der Waals surface area contributed by atoms with Crippen LogP contribution in [0.1, 0.15) is 29.5 Å². The molecule has 0 saturated carbocycles. The minimum absolute atomic E-state index is 0.122. The summed E-state index contributed by atoms with van der Waals surface area (Å²) in [7, 11) is 0. The number of amides is 1. The molecule has 3 rings (SSSR count). The molecule has 2 N–H and O–H groups in total. The Morgan fingerprint density at radius 3 is 2.82 bits per heavy atom. The second kappa shape index (κ2) is 6.22. The van der Waals surface area contributed by atoms with E-state index in [1.54, 1.807) is 0 Å². The number of carbonyl (C=O) groups excluding carboxylic acids is 1. The van der Waals surface area contributed by atoms with E-state index in [2.05, 4.69) is 20.5 Å². The maximum Gasteiger partial charge on any atom is 0.270 e. The van der Waals surface area contributed by atoms with Crippen LogP contribution in [-0.2, 0) is 4.74 Å². The third-order valence-corrected chi connectivity index (χ3v) is 4.38. The smallest absolute Gasteiger partial charge is 0.270 e. The third kappa shape index (κ3) is 3.23. The molecule has 0 aromatic carbocycles. The molecule has 0 spiro atoms. The van der Waals surface area contributed by atoms with Crippen molar-refractivity contribution in [1.82, 2.24) is 15.6 Å². The number of piperazine rings is 1. The van der Waals surface area contributed by atoms with Gasteiger partial charge >= 0.3 is 0 Å². The molecule has 1 aromatic heterocycles. The van der Waals surface area contributed by atoms with Gasteiger partial charge < -0.3 is 20.3 Å². The Hall–Kier alpha value is -1.66. The lowest BCUT2D eigenvalue weighted by Crippen LogP contribution is -2.46. The Balaban J connectivity index is 1.72. The number of aryl methyl sites for hydroxylation is 1. The summed E-state index contributed by atoms with van der Waals surface area (Å²) >= 11 is 0. The van der Waals surface area contributed by atoms with Crippen LogP contribution in [0.4, 0.5) is 5.69 Å². The minimum Gasteiger partial charge on any atom is -0.379 e. The highest BCUT2D eigenvalue weighted by Crippen LogP contribution is 2.21. The van der Waals surface area contributed by atoms with Crippen LogP contribution in [0.25, 0.3) is 0 Å². The fourth-order valence-corrected chi connectivity index (χ4v) is 3.02. The van der Waals surface area contributed by atoms with Gasteiger partial charge in [0.25, 0.3) is 5.91 Å². The normalized spacial score (nSPS) is 25.3. The number of anilines is 1. The summed E-state index contributed by atoms with van der Waals surface area (Å²) in [5.74, 6) is -0.122. The molecule has 0 aliphatic carbocycles. The van der Waals surface area contributed by atoms with Gasteiger partial charge in [-0.25, -0.2) is 4.98 Å². The highest BCUT2D eigenvalue weighted by atomic mass is 16.5. The molecule has 6 heteroatoms. The Bertz CT molecular complexity index is 549. The first-order chi connectivity index (χ1) is 10.6. The van der Waals surface area contributed by atoms with E-state index >= 15 is 0 Å². The lowest BCUT2D eigenvalue weighted by atomic mass is 10.0. The number of hydrogen-bond donors (Lipinski definition) is 2. The Labute approximate surface area is 131 Å². The largest absolute Gasteiger partial charge is 0.379 e. The first-order valence-corrected chi connectivity index (χ1v) is 7.91. The van der Waals surface area contributed by atoms with E-state index in [0.717, 1.165) is 44.0 Å². The number of pyridine rings is 1. The average Bonchev–Trinajstić information content (AvgIpc) is 2.94. The zero-order chi connectivity index (χ0) is 15.6. The number of nitrogens with one attached hydrogen (secondary N) is 2. The van der Waals surface area contributed by atoms with Crippen LogP contribution in [0, 0.1) is 6.92 Å². The van der Waals surface area contributed by atoms with Crippen LogP contribution in [0.5, 0.6) is 0 Å². The minimum atomic E-state index is -0.274. The van der Waals surface area contributed by atoms with Crippen molar-refractivity contribution < 1.29 is 9.53 Å². The molecular formula is C16H24N4O2. The van der Waals surface area contributed by atoms with Crippen LogP contribution in [0.2, 0.25) is 0 Å². The zero-order valence-corrected chi connectivity index (χ0v) is 13.3. The molecule has 2 aliphatic heterocycles. The van der Waals surface area contributed by atoms with Crippen molar-refractivity contribution >= 4 is 11.6 Å². The van der Waals surface area contributed by atoms with Gasteiger partial charge in [0.2, 0.25) is 0 Å². The quantitative estimate of drug-likeness (QED) is 0.861. The van der Waals surface area contributed by atoms with Crippen molar-refractivity contribution in [3.05, 3.63) is 23.5 Å². The molecule has 1 unspecified atom stereocenters. The lowest BCUT2D eigenvalue weighted by molar-refractivity contribution is 0.0884. The monoisotopic (exact) mass is 304 g/mol. The Morgan fingerprint density at radius 1 is 1.41 bits per heavy atom. The first-order valence-electron chi connectivity index (χ1n) is 7.91. The summed E-state index contributed by atoms with van der Waals surface area (Å²) in [5, 5.41) is 6.39. The topological polar surface area (TPSA) is 66.5 Å². The number of carbonyl (C=O) groups is 1. The van der Waals surface area contributed by atoms with Gasteiger partial charge in [-0.15, -0.1) is 0 Å². The standard InChI is InChI=1S/C16H24N4O2/c1-12-14(20-8-6-17-7-9-20)4-3-13(18-12)15(21)19-16(2)5-10-22-11-16/h3-4,17H,5-11H2,1-2H3,(H,19,21). The van der Waals surface area contributed by atoms with E-state index in [4.69, 9.17) is 4.74 Å². The number of rotatable bonds is 3. The summed E-state index contributed by atoms with van der Waals surface area (Å²) in [4.78, 5) is 19.2. The summed E-state index contributed by atoms with van der Waals surface area (Å²) in [6.45, 7) is 9.17. The van der Waals surface area contributed by atoms with E-state index in [1.807, 2.05) is 26.0 Å². The van der Waals surface area contributed by atoms with Crippen LogP contribution < -0.4 is 15.5 Å². The van der Waals surface area contributed by atoms with E-state index < -0.39 is 0 Å². The summed E-state index contributed by atoms with van der Waals surface area (Å²) in [6, 6.07) is 3.83. The van der Waals surface area contributed by atoms with Gasteiger partial charge in [-0.3, -0.25) is 4.79 Å². The molecule has 2 fully saturated rings. The van der Waals surface area contributed by atoms with Gasteiger partial charge in [0.15, 0.2) is 0 Å². The van der Waals surface area contributed by atoms with Crippen molar-refractivity contribution in [2.45, 2.75) is 25.8 Å². The van der Waals surface area contributed by atoms with Crippen molar-refractivity contribution in [2.75, 3.05) is 44.3 Å². The van der Waals surface area contributed by atoms with Crippen LogP contribution in [0.15, 0.2) is 12.1 Å². The van der Waals surface area contributed by atoms with Crippen molar-refractivity contribution in [3.63, 3.8) is 0 Å². The maximum absolute atomic E-state index is 12.4. The van der Waals surface area contributed by atoms with Crippen LogP contribution >= 0.6 is 0 Å². The number of aromatic nitrogens is 1. The Kier molecular flexibility index (Phi) is 4.31. The zero-order valence-electron chi connectivity index (χ0n) is 13.3. The lowest BCUT2D eigenvalue weighted by Gasteiger charge is -2.30. The highest BCUT2D eigenvalue weighted by Gasteiger charge is 2.32. The number of hydrogen-bond acceptors (Lipinski definition) is 5. The fourth-order valence-electron chi connectivity index (χ4n) is 3.02. The molecule has 2 saturated heterocycles. The maximum atomic E-state index is 12.4. The van der Waals surface area contributed by atoms with Gasteiger partial charge in [0.1, 0.15) is 5.69 Å². The van der Waals surface area contributed by atoms with Gasteiger partial charge in [-0.05, 0) is 32.4 Å². The summed E-state index contributed by atoms with van der Waals surface area (Å²) in [6.07, 6.45) is 0.844. The molecule has 120 valence electrons. The van der Waals surface area contributed by atoms with E-state index in [1.165, 1.54) is 0 Å². The predicted octanol–water partition coefficient (Wildman–Crippen LogP) is 0.708. The molecular weight excluding hydrogens is 280 g/mol. The molecule has 1 aromatic rings. The third-order valence-electron chi connectivity index (χ3n) is 4.38. The number of nitrogens with zero attached hydrogens (tertiary/aromatic N) is 2. The molecule has 2 aliphatic rings. The highest BCUT2D eigenvalue weighted by molar-refractivity contribution is 5.93. The molecule has 0 bridgehead atoms. The van der Waals surface area contributed by atoms with Gasteiger partial charge in [-0.1, -0.05) is 0 Å². The van der Waals surface area contributed by atoms with Crippen molar-refractivity contribution in [3.8, 4) is 0 Å².